The van der Waals surface area contributed by atoms with Crippen molar-refractivity contribution in [2.45, 2.75) is 18.6 Å². The van der Waals surface area contributed by atoms with Gasteiger partial charge in [0, 0.05) is 19.3 Å². The average Bonchev–Trinajstić information content (AvgIpc) is 2.62. The van der Waals surface area contributed by atoms with Crippen molar-refractivity contribution in [3.8, 4) is 0 Å². The second-order valence-electron chi connectivity index (χ2n) is 4.44. The lowest BCUT2D eigenvalue weighted by molar-refractivity contribution is -0.137. The maximum absolute atomic E-state index is 12.7. The zero-order valence-corrected chi connectivity index (χ0v) is 10.8. The third kappa shape index (κ3) is 2.94. The van der Waals surface area contributed by atoms with Crippen molar-refractivity contribution < 1.29 is 18.0 Å². The topological polar surface area (TPSA) is 32.3 Å². The van der Waals surface area contributed by atoms with Crippen LogP contribution < -0.4 is 5.32 Å². The Bertz CT molecular complexity index is 504. The van der Waals surface area contributed by atoms with E-state index in [-0.39, 0.29) is 16.6 Å². The Hall–Kier alpha value is -1.43. The van der Waals surface area contributed by atoms with Crippen LogP contribution in [0, 0.1) is 0 Å². The Kier molecular flexibility index (Phi) is 3.62. The first-order valence-corrected chi connectivity index (χ1v) is 6.05. The third-order valence-corrected chi connectivity index (χ3v) is 3.37. The molecule has 104 valence electrons. The average molecular weight is 293 g/mol. The summed E-state index contributed by atoms with van der Waals surface area (Å²) < 4.78 is 38.1. The predicted octanol–water partition coefficient (Wildman–Crippen LogP) is 3.00. The number of nitrogens with zero attached hydrogens (tertiary/aromatic N) is 1. The van der Waals surface area contributed by atoms with Crippen LogP contribution in [0.2, 0.25) is 5.02 Å². The Balaban J connectivity index is 2.21. The van der Waals surface area contributed by atoms with Gasteiger partial charge in [-0.25, -0.2) is 0 Å². The number of hydrogen-bond donors (Lipinski definition) is 1. The molecule has 1 aromatic rings. The quantitative estimate of drug-likeness (QED) is 0.909. The van der Waals surface area contributed by atoms with Crippen LogP contribution in [0.1, 0.15) is 12.0 Å². The fourth-order valence-corrected chi connectivity index (χ4v) is 2.21. The first-order valence-electron chi connectivity index (χ1n) is 5.67. The maximum atomic E-state index is 12.7. The van der Waals surface area contributed by atoms with Crippen LogP contribution in [-0.4, -0.2) is 30.4 Å². The van der Waals surface area contributed by atoms with Gasteiger partial charge in [-0.05, 0) is 24.6 Å². The lowest BCUT2D eigenvalue weighted by atomic mass is 10.1. The molecule has 1 heterocycles. The second-order valence-corrected chi connectivity index (χ2v) is 4.84. The van der Waals surface area contributed by atoms with Crippen molar-refractivity contribution in [3.05, 3.63) is 28.8 Å². The number of carbonyl (C=O) groups is 1. The van der Waals surface area contributed by atoms with E-state index >= 15 is 0 Å². The molecule has 7 heteroatoms. The number of amides is 1. The van der Waals surface area contributed by atoms with Gasteiger partial charge in [0.1, 0.15) is 6.04 Å². The van der Waals surface area contributed by atoms with Crippen LogP contribution in [0.3, 0.4) is 0 Å². The van der Waals surface area contributed by atoms with Crippen LogP contribution in [0.15, 0.2) is 18.2 Å². The van der Waals surface area contributed by atoms with E-state index in [2.05, 4.69) is 5.32 Å². The van der Waals surface area contributed by atoms with Gasteiger partial charge in [0.25, 0.3) is 0 Å². The van der Waals surface area contributed by atoms with Gasteiger partial charge >= 0.3 is 6.18 Å². The van der Waals surface area contributed by atoms with E-state index in [4.69, 9.17) is 11.6 Å². The number of rotatable bonds is 2. The van der Waals surface area contributed by atoms with Crippen molar-refractivity contribution in [3.63, 3.8) is 0 Å². The molecule has 0 spiro atoms. The van der Waals surface area contributed by atoms with Gasteiger partial charge in [-0.3, -0.25) is 4.79 Å². The van der Waals surface area contributed by atoms with Crippen LogP contribution >= 0.6 is 11.6 Å². The van der Waals surface area contributed by atoms with Gasteiger partial charge in [0.2, 0.25) is 5.91 Å². The summed E-state index contributed by atoms with van der Waals surface area (Å²) in [5.74, 6) is -0.122. The number of likely N-dealkylation sites (tertiary alicyclic amines) is 1. The largest absolute Gasteiger partial charge is 0.417 e. The van der Waals surface area contributed by atoms with Gasteiger partial charge in [0.15, 0.2) is 0 Å². The summed E-state index contributed by atoms with van der Waals surface area (Å²) in [6.45, 7) is 0.593. The standard InChI is InChI=1S/C12H12ClF3N2O/c1-18-5-4-10(11(18)19)17-7-2-3-9(13)8(6-7)12(14,15)16/h2-3,6,10,17H,4-5H2,1H3. The molecule has 1 atom stereocenters. The van der Waals surface area contributed by atoms with Crippen LogP contribution in [0.5, 0.6) is 0 Å². The number of benzene rings is 1. The number of hydrogen-bond acceptors (Lipinski definition) is 2. The lowest BCUT2D eigenvalue weighted by Gasteiger charge is -2.16. The van der Waals surface area contributed by atoms with Crippen molar-refractivity contribution in [1.29, 1.82) is 0 Å². The molecule has 1 unspecified atom stereocenters. The van der Waals surface area contributed by atoms with Gasteiger partial charge in [-0.15, -0.1) is 0 Å². The summed E-state index contributed by atoms with van der Waals surface area (Å²) in [4.78, 5) is 13.2. The molecule has 1 aliphatic rings. The van der Waals surface area contributed by atoms with Crippen LogP contribution in [0.25, 0.3) is 0 Å². The first-order chi connectivity index (χ1) is 8.79. The smallest absolute Gasteiger partial charge is 0.374 e. The number of alkyl halides is 3. The summed E-state index contributed by atoms with van der Waals surface area (Å²) in [6.07, 6.45) is -3.94. The molecule has 1 amide bonds. The number of carbonyl (C=O) groups excluding carboxylic acids is 1. The highest BCUT2D eigenvalue weighted by molar-refractivity contribution is 6.31. The summed E-state index contributed by atoms with van der Waals surface area (Å²) in [7, 11) is 1.66. The van der Waals surface area contributed by atoms with Gasteiger partial charge in [0.05, 0.1) is 10.6 Å². The Morgan fingerprint density at radius 3 is 2.63 bits per heavy atom. The first kappa shape index (κ1) is 14.0. The highest BCUT2D eigenvalue weighted by Gasteiger charge is 2.34. The minimum Gasteiger partial charge on any atom is -0.374 e. The van der Waals surface area contributed by atoms with E-state index in [0.29, 0.717) is 13.0 Å². The van der Waals surface area contributed by atoms with E-state index in [1.54, 1.807) is 7.05 Å². The minimum absolute atomic E-state index is 0.122. The highest BCUT2D eigenvalue weighted by atomic mass is 35.5. The molecule has 19 heavy (non-hydrogen) atoms. The number of nitrogens with one attached hydrogen (secondary N) is 1. The van der Waals surface area contributed by atoms with E-state index < -0.39 is 17.8 Å². The molecule has 1 saturated heterocycles. The van der Waals surface area contributed by atoms with Crippen molar-refractivity contribution >= 4 is 23.2 Å². The Morgan fingerprint density at radius 2 is 2.11 bits per heavy atom. The molecule has 1 aliphatic heterocycles. The minimum atomic E-state index is -4.51. The van der Waals surface area contributed by atoms with E-state index in [0.717, 1.165) is 6.07 Å². The number of likely N-dealkylation sites (N-methyl/N-ethyl adjacent to an activating group) is 1. The SMILES string of the molecule is CN1CCC(Nc2ccc(Cl)c(C(F)(F)F)c2)C1=O. The fraction of sp³-hybridized carbons (Fsp3) is 0.417. The maximum Gasteiger partial charge on any atom is 0.417 e. The third-order valence-electron chi connectivity index (χ3n) is 3.04. The van der Waals surface area contributed by atoms with E-state index in [1.165, 1.54) is 17.0 Å². The van der Waals surface area contributed by atoms with E-state index in [1.807, 2.05) is 0 Å². The molecule has 0 aliphatic carbocycles. The summed E-state index contributed by atoms with van der Waals surface area (Å²) in [6, 6.07) is 3.06. The zero-order chi connectivity index (χ0) is 14.2. The Morgan fingerprint density at radius 1 is 1.42 bits per heavy atom. The molecule has 3 nitrogen and oxygen atoms in total. The molecule has 0 radical (unpaired) electrons. The fourth-order valence-electron chi connectivity index (χ4n) is 1.99. The number of anilines is 1. The molecule has 1 N–H and O–H groups in total. The molecule has 0 bridgehead atoms. The van der Waals surface area contributed by atoms with Crippen molar-refractivity contribution in [2.24, 2.45) is 0 Å². The molecule has 1 fully saturated rings. The summed E-state index contributed by atoms with van der Waals surface area (Å²) >= 11 is 5.53. The summed E-state index contributed by atoms with van der Waals surface area (Å²) in [5.41, 5.74) is -0.664. The van der Waals surface area contributed by atoms with Crippen molar-refractivity contribution in [1.82, 2.24) is 4.90 Å². The number of halogens is 4. The molecule has 2 rings (SSSR count). The van der Waals surface area contributed by atoms with Gasteiger partial charge in [-0.1, -0.05) is 11.6 Å². The van der Waals surface area contributed by atoms with Gasteiger partial charge in [-0.2, -0.15) is 13.2 Å². The molecular formula is C12H12ClF3N2O. The molecular weight excluding hydrogens is 281 g/mol. The van der Waals surface area contributed by atoms with Crippen molar-refractivity contribution in [2.75, 3.05) is 18.9 Å². The molecule has 0 saturated carbocycles. The van der Waals surface area contributed by atoms with E-state index in [9.17, 15) is 18.0 Å². The van der Waals surface area contributed by atoms with Crippen LogP contribution in [0.4, 0.5) is 18.9 Å². The molecule has 1 aromatic carbocycles. The lowest BCUT2D eigenvalue weighted by Crippen LogP contribution is -2.31. The molecule has 0 aromatic heterocycles. The van der Waals surface area contributed by atoms with Gasteiger partial charge < -0.3 is 10.2 Å². The predicted molar refractivity (Wildman–Crippen MR) is 66.1 cm³/mol. The summed E-state index contributed by atoms with van der Waals surface area (Å²) in [5, 5.41) is 2.46. The normalized spacial score (nSPS) is 19.9. The second kappa shape index (κ2) is 4.92. The Labute approximate surface area is 113 Å². The monoisotopic (exact) mass is 292 g/mol. The van der Waals surface area contributed by atoms with Crippen LogP contribution in [-0.2, 0) is 11.0 Å². The highest BCUT2D eigenvalue weighted by Crippen LogP contribution is 2.36. The zero-order valence-electron chi connectivity index (χ0n) is 10.1.